The molecular formula is C21H8Cl12O5S. The quantitative estimate of drug-likeness (QED) is 0.231. The van der Waals surface area contributed by atoms with Crippen molar-refractivity contribution in [3.8, 4) is 0 Å². The average molecular weight is 798 g/mol. The molecule has 2 fully saturated rings. The minimum atomic E-state index is -5.11. The van der Waals surface area contributed by atoms with E-state index in [1.54, 1.807) is 0 Å². The second-order valence-electron chi connectivity index (χ2n) is 10.0. The first-order valence-corrected chi connectivity index (χ1v) is 16.5. The van der Waals surface area contributed by atoms with E-state index in [9.17, 15) is 22.9 Å². The number of fused-ring (bicyclic) bond motifs is 14. The summed E-state index contributed by atoms with van der Waals surface area (Å²) in [5, 5.41) is 9.02. The number of carboxylic acids is 1. The molecule has 0 saturated heterocycles. The molecule has 1 aromatic carbocycles. The van der Waals surface area contributed by atoms with Crippen molar-refractivity contribution in [2.75, 3.05) is 0 Å². The number of benzene rings is 1. The number of alkyl halides is 8. The number of carboxylic acid groups (broad SMARTS) is 1. The third-order valence-electron chi connectivity index (χ3n) is 8.74. The number of hydrogen-bond acceptors (Lipinski definition) is 3. The Morgan fingerprint density at radius 2 is 1.00 bits per heavy atom. The molecule has 0 amide bonds. The van der Waals surface area contributed by atoms with Crippen LogP contribution in [-0.2, 0) is 10.1 Å². The molecule has 0 unspecified atom stereocenters. The Morgan fingerprint density at radius 1 is 0.667 bits per heavy atom. The summed E-state index contributed by atoms with van der Waals surface area (Å²) < 4.78 is 30.3. The van der Waals surface area contributed by atoms with Crippen LogP contribution in [0.25, 0.3) is 0 Å². The topological polar surface area (TPSA) is 91.7 Å². The highest BCUT2D eigenvalue weighted by atomic mass is 35.5. The van der Waals surface area contributed by atoms with Gasteiger partial charge in [0, 0.05) is 23.7 Å². The Bertz CT molecular complexity index is 1620. The maximum atomic E-state index is 12.3. The molecule has 39 heavy (non-hydrogen) atoms. The van der Waals surface area contributed by atoms with Gasteiger partial charge in [-0.05, 0) is 23.3 Å². The van der Waals surface area contributed by atoms with Crippen LogP contribution in [0.5, 0.6) is 0 Å². The minimum Gasteiger partial charge on any atom is -0.478 e. The van der Waals surface area contributed by atoms with Gasteiger partial charge in [-0.3, -0.25) is 4.55 Å². The van der Waals surface area contributed by atoms with Crippen molar-refractivity contribution in [1.29, 1.82) is 0 Å². The van der Waals surface area contributed by atoms with E-state index >= 15 is 0 Å². The number of halogens is 12. The van der Waals surface area contributed by atoms with Gasteiger partial charge < -0.3 is 5.11 Å². The molecule has 5 nitrogen and oxygen atoms in total. The van der Waals surface area contributed by atoms with Crippen LogP contribution in [0, 0.1) is 11.8 Å². The number of rotatable bonds is 2. The van der Waals surface area contributed by atoms with Crippen molar-refractivity contribution in [2.24, 2.45) is 11.8 Å². The van der Waals surface area contributed by atoms with Crippen molar-refractivity contribution in [3.05, 3.63) is 49.0 Å². The average Bonchev–Trinajstić information content (AvgIpc) is 3.16. The van der Waals surface area contributed by atoms with Gasteiger partial charge in [-0.2, -0.15) is 8.42 Å². The Hall–Kier alpha value is 1.56. The fourth-order valence-corrected chi connectivity index (χ4v) is 14.1. The van der Waals surface area contributed by atoms with Crippen molar-refractivity contribution in [3.63, 3.8) is 0 Å². The molecule has 0 radical (unpaired) electrons. The van der Waals surface area contributed by atoms with Crippen LogP contribution in [-0.4, -0.2) is 52.2 Å². The van der Waals surface area contributed by atoms with E-state index in [-0.39, 0.29) is 31.3 Å². The molecule has 2 N–H and O–H groups in total. The van der Waals surface area contributed by atoms with Crippen LogP contribution in [0.4, 0.5) is 0 Å². The number of allylic oxidation sites excluding steroid dienone is 4. The predicted octanol–water partition coefficient (Wildman–Crippen LogP) is 8.74. The van der Waals surface area contributed by atoms with Gasteiger partial charge in [0.1, 0.15) is 24.4 Å². The molecule has 5 aliphatic carbocycles. The number of carbonyl (C=O) groups is 1. The third kappa shape index (κ3) is 2.87. The van der Waals surface area contributed by atoms with Gasteiger partial charge in [-0.1, -0.05) is 92.8 Å². The van der Waals surface area contributed by atoms with Crippen LogP contribution in [0.2, 0.25) is 0 Å². The van der Waals surface area contributed by atoms with Crippen molar-refractivity contribution in [2.45, 2.75) is 44.9 Å². The summed E-state index contributed by atoms with van der Waals surface area (Å²) in [5.74, 6) is -6.33. The van der Waals surface area contributed by atoms with Gasteiger partial charge in [0.25, 0.3) is 10.1 Å². The zero-order valence-electron chi connectivity index (χ0n) is 18.0. The van der Waals surface area contributed by atoms with E-state index in [1.807, 2.05) is 0 Å². The zero-order chi connectivity index (χ0) is 29.4. The van der Waals surface area contributed by atoms with Gasteiger partial charge >= 0.3 is 5.97 Å². The monoisotopic (exact) mass is 792 g/mol. The highest BCUT2D eigenvalue weighted by Crippen LogP contribution is 2.88. The number of aromatic carboxylic acids is 1. The molecule has 0 heterocycles. The van der Waals surface area contributed by atoms with E-state index in [1.165, 1.54) is 0 Å². The molecule has 0 aromatic heterocycles. The summed E-state index contributed by atoms with van der Waals surface area (Å²) in [5.41, 5.74) is -0.688. The first-order valence-electron chi connectivity index (χ1n) is 10.6. The van der Waals surface area contributed by atoms with Crippen LogP contribution >= 0.6 is 139 Å². The van der Waals surface area contributed by atoms with E-state index < -0.39 is 78.4 Å². The first-order chi connectivity index (χ1) is 17.5. The lowest BCUT2D eigenvalue weighted by atomic mass is 9.57. The van der Waals surface area contributed by atoms with Crippen molar-refractivity contribution in [1.82, 2.24) is 0 Å². The highest BCUT2D eigenvalue weighted by Gasteiger charge is 2.91. The van der Waals surface area contributed by atoms with Gasteiger partial charge in [0.15, 0.2) is 8.67 Å². The summed E-state index contributed by atoms with van der Waals surface area (Å²) in [4.78, 5) is 3.26. The second-order valence-corrected chi connectivity index (χ2v) is 18.0. The Morgan fingerprint density at radius 3 is 1.33 bits per heavy atom. The molecule has 0 aliphatic heterocycles. The maximum absolute atomic E-state index is 12.3. The molecule has 8 atom stereocenters. The van der Waals surface area contributed by atoms with Crippen molar-refractivity contribution >= 4 is 155 Å². The van der Waals surface area contributed by atoms with E-state index in [0.717, 1.165) is 12.1 Å². The van der Waals surface area contributed by atoms with Gasteiger partial charge in [-0.25, -0.2) is 4.79 Å². The summed E-state index contributed by atoms with van der Waals surface area (Å²) in [6, 6.07) is 1.92. The van der Waals surface area contributed by atoms with E-state index in [0.29, 0.717) is 0 Å². The molecule has 212 valence electrons. The van der Waals surface area contributed by atoms with E-state index in [4.69, 9.17) is 139 Å². The smallest absolute Gasteiger partial charge is 0.337 e. The SMILES string of the molecule is O=C(O)c1cc2c(cc1S(=O)(=O)O)[C@H]1[C@H]([C@@H]3[C@@H]2[C@]2(Cl)C(Cl)=C(Cl)[C@]3(Cl)C2(Cl)Cl)[C@]2(Cl)C(Cl)=C(Cl)[C@]1(Cl)C2(Cl)Cl. The first kappa shape index (κ1) is 30.6. The number of hydrogen-bond donors (Lipinski definition) is 2. The molecule has 18 heteroatoms. The fourth-order valence-electron chi connectivity index (χ4n) is 7.31. The van der Waals surface area contributed by atoms with Gasteiger partial charge in [0.2, 0.25) is 0 Å². The van der Waals surface area contributed by atoms with Crippen molar-refractivity contribution < 1.29 is 22.9 Å². The lowest BCUT2D eigenvalue weighted by Crippen LogP contribution is -2.53. The Labute approximate surface area is 281 Å². The molecule has 2 saturated carbocycles. The lowest BCUT2D eigenvalue weighted by Gasteiger charge is -2.52. The molecular weight excluding hydrogens is 790 g/mol. The van der Waals surface area contributed by atoms with Gasteiger partial charge in [-0.15, -0.1) is 46.4 Å². The van der Waals surface area contributed by atoms with Crippen LogP contribution < -0.4 is 0 Å². The van der Waals surface area contributed by atoms with Crippen LogP contribution in [0.15, 0.2) is 37.2 Å². The molecule has 4 bridgehead atoms. The largest absolute Gasteiger partial charge is 0.478 e. The Kier molecular flexibility index (Phi) is 6.45. The molecule has 0 spiro atoms. The van der Waals surface area contributed by atoms with Crippen LogP contribution in [0.3, 0.4) is 0 Å². The molecule has 1 aromatic rings. The second kappa shape index (κ2) is 8.23. The normalized spacial score (nSPS) is 44.5. The third-order valence-corrected chi connectivity index (χ3v) is 18.2. The van der Waals surface area contributed by atoms with Crippen LogP contribution in [0.1, 0.15) is 33.3 Å². The molecule has 6 rings (SSSR count). The fraction of sp³-hybridized carbons (Fsp3) is 0.476. The predicted molar refractivity (Wildman–Crippen MR) is 156 cm³/mol. The van der Waals surface area contributed by atoms with E-state index in [2.05, 4.69) is 0 Å². The maximum Gasteiger partial charge on any atom is 0.337 e. The van der Waals surface area contributed by atoms with Gasteiger partial charge in [0.05, 0.1) is 25.7 Å². The zero-order valence-corrected chi connectivity index (χ0v) is 27.9. The summed E-state index contributed by atoms with van der Waals surface area (Å²) in [6.45, 7) is 0. The summed E-state index contributed by atoms with van der Waals surface area (Å²) in [7, 11) is -5.11. The highest BCUT2D eigenvalue weighted by molar-refractivity contribution is 7.86. The lowest BCUT2D eigenvalue weighted by molar-refractivity contribution is 0.0691. The molecule has 5 aliphatic rings. The standard InChI is InChI=1S/C21H8Cl12O5S/c22-11-13(24)18(28)9-7(16(11,26)20(18,30)31)3-1-5(15(34)35)6(39(36,37)38)2-4(3)8-10(9)19(29)14(25)12(23)17(8,27)21(19,32)33/h1-2,7-10H,(H,34,35)(H,36,37,38)/t7-,8+,9+,10-,16+,17+,18+,19+/m1/s1. The summed E-state index contributed by atoms with van der Waals surface area (Å²) in [6.07, 6.45) is 0. The minimum absolute atomic E-state index is 0.0296. The Balaban J connectivity index is 1.84. The summed E-state index contributed by atoms with van der Waals surface area (Å²) >= 11 is 82.7.